The van der Waals surface area contributed by atoms with Crippen LogP contribution in [0.5, 0.6) is 0 Å². The van der Waals surface area contributed by atoms with Crippen molar-refractivity contribution in [1.29, 1.82) is 0 Å². The van der Waals surface area contributed by atoms with Crippen LogP contribution in [-0.2, 0) is 4.79 Å². The summed E-state index contributed by atoms with van der Waals surface area (Å²) in [7, 11) is 0. The third kappa shape index (κ3) is 51.7. The highest BCUT2D eigenvalue weighted by Gasteiger charge is 2.18. The number of hydrogen-bond acceptors (Lipinski definition) is 3. The van der Waals surface area contributed by atoms with Gasteiger partial charge in [-0.05, 0) is 32.1 Å². The Balaban J connectivity index is 3.47. The highest BCUT2D eigenvalue weighted by Crippen LogP contribution is 2.18. The molecule has 0 aliphatic heterocycles. The molecule has 0 aromatic rings. The molecule has 1 amide bonds. The van der Waals surface area contributed by atoms with Gasteiger partial charge in [-0.25, -0.2) is 0 Å². The van der Waals surface area contributed by atoms with Crippen LogP contribution in [0.1, 0.15) is 328 Å². The maximum absolute atomic E-state index is 12.5. The van der Waals surface area contributed by atoms with Gasteiger partial charge in [0.25, 0.3) is 0 Å². The smallest absolute Gasteiger partial charge is 0.220 e. The number of allylic oxidation sites excluding steroid dienone is 3. The van der Waals surface area contributed by atoms with Crippen LogP contribution in [0.25, 0.3) is 0 Å². The summed E-state index contributed by atoms with van der Waals surface area (Å²) in [4.78, 5) is 12.5. The number of amides is 1. The molecule has 0 aliphatic carbocycles. The fourth-order valence-corrected chi connectivity index (χ4v) is 9.26. The molecule has 0 radical (unpaired) electrons. The third-order valence-electron chi connectivity index (χ3n) is 13.7. The van der Waals surface area contributed by atoms with Gasteiger partial charge in [0, 0.05) is 6.42 Å². The summed E-state index contributed by atoms with van der Waals surface area (Å²) in [6.45, 7) is 4.34. The minimum Gasteiger partial charge on any atom is -0.394 e. The van der Waals surface area contributed by atoms with Crippen LogP contribution in [0.4, 0.5) is 0 Å². The third-order valence-corrected chi connectivity index (χ3v) is 13.7. The van der Waals surface area contributed by atoms with E-state index in [9.17, 15) is 15.0 Å². The van der Waals surface area contributed by atoms with E-state index in [1.165, 1.54) is 276 Å². The molecule has 374 valence electrons. The molecule has 0 aromatic carbocycles. The first kappa shape index (κ1) is 61.9. The molecule has 2 atom stereocenters. The highest BCUT2D eigenvalue weighted by molar-refractivity contribution is 5.76. The van der Waals surface area contributed by atoms with Crippen molar-refractivity contribution in [2.24, 2.45) is 0 Å². The molecule has 63 heavy (non-hydrogen) atoms. The zero-order chi connectivity index (χ0) is 45.6. The van der Waals surface area contributed by atoms with Crippen LogP contribution in [-0.4, -0.2) is 34.9 Å². The summed E-state index contributed by atoms with van der Waals surface area (Å²) < 4.78 is 0. The van der Waals surface area contributed by atoms with Crippen molar-refractivity contribution >= 4 is 5.91 Å². The first-order valence-electron chi connectivity index (χ1n) is 29.1. The van der Waals surface area contributed by atoms with Crippen molar-refractivity contribution in [3.63, 3.8) is 0 Å². The van der Waals surface area contributed by atoms with Crippen LogP contribution in [0.2, 0.25) is 0 Å². The number of carbonyl (C=O) groups is 1. The Hall–Kier alpha value is -1.13. The fourth-order valence-electron chi connectivity index (χ4n) is 9.26. The molecule has 0 bridgehead atoms. The largest absolute Gasteiger partial charge is 0.394 e. The van der Waals surface area contributed by atoms with Gasteiger partial charge in [0.05, 0.1) is 18.8 Å². The molecule has 0 aliphatic rings. The maximum Gasteiger partial charge on any atom is 0.220 e. The summed E-state index contributed by atoms with van der Waals surface area (Å²) in [6.07, 6.45) is 73.6. The van der Waals surface area contributed by atoms with E-state index in [2.05, 4.69) is 31.3 Å². The second kappa shape index (κ2) is 55.2. The summed E-state index contributed by atoms with van der Waals surface area (Å²) in [5.41, 5.74) is 0. The van der Waals surface area contributed by atoms with Crippen molar-refractivity contribution in [2.45, 2.75) is 341 Å². The molecule has 0 saturated heterocycles. The van der Waals surface area contributed by atoms with E-state index >= 15 is 0 Å². The monoisotopic (exact) mass is 886 g/mol. The van der Waals surface area contributed by atoms with Gasteiger partial charge in [0.2, 0.25) is 5.91 Å². The van der Waals surface area contributed by atoms with Crippen LogP contribution < -0.4 is 5.32 Å². The number of aliphatic hydroxyl groups is 2. The molecule has 2 unspecified atom stereocenters. The van der Waals surface area contributed by atoms with Gasteiger partial charge in [0.1, 0.15) is 0 Å². The zero-order valence-electron chi connectivity index (χ0n) is 43.1. The van der Waals surface area contributed by atoms with E-state index in [4.69, 9.17) is 0 Å². The molecular weight excluding hydrogens is 771 g/mol. The number of hydrogen-bond donors (Lipinski definition) is 3. The molecule has 3 N–H and O–H groups in total. The standard InChI is InChI=1S/C59H115NO3/c1-3-5-7-9-11-13-15-17-19-21-23-24-25-26-27-28-29-30-31-32-33-34-35-37-38-40-42-44-46-48-50-52-54-58(62)57(56-61)60-59(63)55-53-51-49-47-45-43-41-39-36-22-20-18-16-14-12-10-8-6-4-2/h44,46,52,54,57-58,61-62H,3-43,45,47-51,53,55-56H2,1-2H3,(H,60,63)/b46-44+,54-52+. The Morgan fingerprint density at radius 2 is 0.619 bits per heavy atom. The number of carbonyl (C=O) groups excluding carboxylic acids is 1. The molecule has 4 nitrogen and oxygen atoms in total. The molecule has 0 rings (SSSR count). The van der Waals surface area contributed by atoms with Gasteiger partial charge in [-0.3, -0.25) is 4.79 Å². The number of nitrogens with one attached hydrogen (secondary N) is 1. The SMILES string of the molecule is CCCCCCCCCCCCCCCCCCCCCCCCCCCC/C=C/CC/C=C/C(O)C(CO)NC(=O)CCCCCCCCCCCCCCCCCCCCC. The van der Waals surface area contributed by atoms with E-state index in [-0.39, 0.29) is 12.5 Å². The van der Waals surface area contributed by atoms with Crippen LogP contribution in [0, 0.1) is 0 Å². The number of rotatable bonds is 54. The van der Waals surface area contributed by atoms with Crippen molar-refractivity contribution in [3.05, 3.63) is 24.3 Å². The lowest BCUT2D eigenvalue weighted by molar-refractivity contribution is -0.123. The van der Waals surface area contributed by atoms with Gasteiger partial charge < -0.3 is 15.5 Å². The second-order valence-electron chi connectivity index (χ2n) is 20.1. The Morgan fingerprint density at radius 3 is 0.921 bits per heavy atom. The van der Waals surface area contributed by atoms with E-state index in [0.717, 1.165) is 32.1 Å². The van der Waals surface area contributed by atoms with Gasteiger partial charge >= 0.3 is 0 Å². The lowest BCUT2D eigenvalue weighted by Gasteiger charge is -2.19. The topological polar surface area (TPSA) is 69.6 Å². The van der Waals surface area contributed by atoms with E-state index in [0.29, 0.717) is 6.42 Å². The number of unbranched alkanes of at least 4 members (excludes halogenated alkanes) is 45. The Morgan fingerprint density at radius 1 is 0.365 bits per heavy atom. The Kier molecular flexibility index (Phi) is 54.2. The Labute approximate surface area is 396 Å². The van der Waals surface area contributed by atoms with Crippen LogP contribution >= 0.6 is 0 Å². The zero-order valence-corrected chi connectivity index (χ0v) is 43.1. The van der Waals surface area contributed by atoms with Crippen molar-refractivity contribution in [3.8, 4) is 0 Å². The lowest BCUT2D eigenvalue weighted by Crippen LogP contribution is -2.45. The quantitative estimate of drug-likeness (QED) is 0.0421. The first-order valence-corrected chi connectivity index (χ1v) is 29.1. The molecule has 0 spiro atoms. The first-order chi connectivity index (χ1) is 31.2. The lowest BCUT2D eigenvalue weighted by atomic mass is 10.0. The van der Waals surface area contributed by atoms with E-state index < -0.39 is 12.1 Å². The normalized spacial score (nSPS) is 12.9. The van der Waals surface area contributed by atoms with Crippen molar-refractivity contribution < 1.29 is 15.0 Å². The minimum atomic E-state index is -0.860. The predicted molar refractivity (Wildman–Crippen MR) is 281 cm³/mol. The molecule has 0 heterocycles. The molecular formula is C59H115NO3. The van der Waals surface area contributed by atoms with Crippen LogP contribution in [0.3, 0.4) is 0 Å². The fraction of sp³-hybridized carbons (Fsp3) is 0.915. The highest BCUT2D eigenvalue weighted by atomic mass is 16.3. The van der Waals surface area contributed by atoms with Gasteiger partial charge in [-0.15, -0.1) is 0 Å². The molecule has 4 heteroatoms. The maximum atomic E-state index is 12.5. The Bertz CT molecular complexity index is 916. The molecule has 0 saturated carbocycles. The average molecular weight is 887 g/mol. The van der Waals surface area contributed by atoms with Gasteiger partial charge in [-0.1, -0.05) is 314 Å². The van der Waals surface area contributed by atoms with Crippen molar-refractivity contribution in [1.82, 2.24) is 5.32 Å². The molecule has 0 aromatic heterocycles. The minimum absolute atomic E-state index is 0.0672. The van der Waals surface area contributed by atoms with Crippen LogP contribution in [0.15, 0.2) is 24.3 Å². The van der Waals surface area contributed by atoms with Gasteiger partial charge in [0.15, 0.2) is 0 Å². The molecule has 0 fully saturated rings. The number of aliphatic hydroxyl groups excluding tert-OH is 2. The van der Waals surface area contributed by atoms with Crippen molar-refractivity contribution in [2.75, 3.05) is 6.61 Å². The second-order valence-corrected chi connectivity index (χ2v) is 20.1. The van der Waals surface area contributed by atoms with E-state index in [1.54, 1.807) is 6.08 Å². The van der Waals surface area contributed by atoms with E-state index in [1.807, 2.05) is 6.08 Å². The average Bonchev–Trinajstić information content (AvgIpc) is 3.29. The van der Waals surface area contributed by atoms with Gasteiger partial charge in [-0.2, -0.15) is 0 Å². The summed E-state index contributed by atoms with van der Waals surface area (Å²) in [5.74, 6) is -0.0672. The summed E-state index contributed by atoms with van der Waals surface area (Å²) in [6, 6.07) is -0.636. The predicted octanol–water partition coefficient (Wildman–Crippen LogP) is 19.1. The summed E-state index contributed by atoms with van der Waals surface area (Å²) in [5, 5.41) is 23.1. The summed E-state index contributed by atoms with van der Waals surface area (Å²) >= 11 is 0.